The molecule has 0 unspecified atom stereocenters. The highest BCUT2D eigenvalue weighted by Crippen LogP contribution is 2.38. The zero-order valence-electron chi connectivity index (χ0n) is 16.1. The molecule has 1 fully saturated rings. The summed E-state index contributed by atoms with van der Waals surface area (Å²) < 4.78 is 5.90. The Kier molecular flexibility index (Phi) is 6.78. The van der Waals surface area contributed by atoms with Crippen LogP contribution in [0.1, 0.15) is 83.1 Å². The Bertz CT molecular complexity index is 652. The summed E-state index contributed by atoms with van der Waals surface area (Å²) in [4.78, 5) is 0. The van der Waals surface area contributed by atoms with Crippen molar-refractivity contribution in [2.75, 3.05) is 6.61 Å². The van der Waals surface area contributed by atoms with Crippen LogP contribution in [0.25, 0.3) is 10.8 Å². The molecule has 0 aromatic heterocycles. The van der Waals surface area contributed by atoms with Gasteiger partial charge in [-0.25, -0.2) is 0 Å². The van der Waals surface area contributed by atoms with E-state index in [1.807, 2.05) is 0 Å². The van der Waals surface area contributed by atoms with Crippen LogP contribution in [0.2, 0.25) is 0 Å². The molecule has 1 heteroatoms. The molecule has 1 aliphatic carbocycles. The van der Waals surface area contributed by atoms with Gasteiger partial charge in [0.2, 0.25) is 0 Å². The third kappa shape index (κ3) is 5.00. The van der Waals surface area contributed by atoms with Crippen LogP contribution < -0.4 is 4.74 Å². The van der Waals surface area contributed by atoms with E-state index in [9.17, 15) is 0 Å². The van der Waals surface area contributed by atoms with E-state index < -0.39 is 0 Å². The van der Waals surface area contributed by atoms with Crippen molar-refractivity contribution in [3.8, 4) is 5.75 Å². The Labute approximate surface area is 153 Å². The van der Waals surface area contributed by atoms with Crippen molar-refractivity contribution in [2.24, 2.45) is 5.92 Å². The van der Waals surface area contributed by atoms with Crippen molar-refractivity contribution in [2.45, 2.75) is 77.6 Å². The monoisotopic (exact) mass is 338 g/mol. The standard InChI is InChI=1S/C24H34O/c1-3-5-6-16-25-24-15-14-22-17-21(12-13-23(22)18-24)20-10-8-19(7-4-2)9-11-20/h12-15,17-20H,3-11,16H2,1-2H3/t19-,20-. The molecular weight excluding hydrogens is 304 g/mol. The summed E-state index contributed by atoms with van der Waals surface area (Å²) >= 11 is 0. The van der Waals surface area contributed by atoms with Gasteiger partial charge >= 0.3 is 0 Å². The molecule has 25 heavy (non-hydrogen) atoms. The maximum atomic E-state index is 5.90. The lowest BCUT2D eigenvalue weighted by Crippen LogP contribution is -2.13. The molecule has 0 spiro atoms. The number of benzene rings is 2. The molecule has 2 aromatic rings. The van der Waals surface area contributed by atoms with Crippen LogP contribution >= 0.6 is 0 Å². The molecule has 3 rings (SSSR count). The second-order valence-electron chi connectivity index (χ2n) is 7.83. The number of ether oxygens (including phenoxy) is 1. The van der Waals surface area contributed by atoms with Crippen LogP contribution in [0.15, 0.2) is 36.4 Å². The highest BCUT2D eigenvalue weighted by Gasteiger charge is 2.21. The molecule has 2 aromatic carbocycles. The van der Waals surface area contributed by atoms with Gasteiger partial charge < -0.3 is 4.74 Å². The SMILES string of the molecule is CCCCCOc1ccc2cc([C@H]3CC[C@H](CCC)CC3)ccc2c1. The Hall–Kier alpha value is -1.50. The van der Waals surface area contributed by atoms with Gasteiger partial charge in [-0.3, -0.25) is 0 Å². The van der Waals surface area contributed by atoms with Crippen molar-refractivity contribution in [1.82, 2.24) is 0 Å². The van der Waals surface area contributed by atoms with Crippen LogP contribution in [0.5, 0.6) is 5.75 Å². The Morgan fingerprint density at radius 3 is 2.36 bits per heavy atom. The molecule has 136 valence electrons. The first kappa shape index (κ1) is 18.3. The van der Waals surface area contributed by atoms with Gasteiger partial charge in [0.1, 0.15) is 5.75 Å². The lowest BCUT2D eigenvalue weighted by Gasteiger charge is -2.28. The van der Waals surface area contributed by atoms with E-state index in [4.69, 9.17) is 4.74 Å². The Balaban J connectivity index is 1.63. The highest BCUT2D eigenvalue weighted by molar-refractivity contribution is 5.84. The van der Waals surface area contributed by atoms with Crippen LogP contribution in [0.4, 0.5) is 0 Å². The summed E-state index contributed by atoms with van der Waals surface area (Å²) in [5, 5.41) is 2.66. The molecule has 1 saturated carbocycles. The molecular formula is C24H34O. The first-order valence-electron chi connectivity index (χ1n) is 10.5. The summed E-state index contributed by atoms with van der Waals surface area (Å²) in [6, 6.07) is 13.6. The van der Waals surface area contributed by atoms with Gasteiger partial charge in [-0.05, 0) is 72.4 Å². The fraction of sp³-hybridized carbons (Fsp3) is 0.583. The van der Waals surface area contributed by atoms with Crippen LogP contribution in [-0.4, -0.2) is 6.61 Å². The summed E-state index contributed by atoms with van der Waals surface area (Å²) in [7, 11) is 0. The summed E-state index contributed by atoms with van der Waals surface area (Å²) in [5.41, 5.74) is 1.54. The van der Waals surface area contributed by atoms with Gasteiger partial charge in [-0.15, -0.1) is 0 Å². The summed E-state index contributed by atoms with van der Waals surface area (Å²) in [5.74, 6) is 2.76. The number of fused-ring (bicyclic) bond motifs is 1. The minimum atomic E-state index is 0.766. The second kappa shape index (κ2) is 9.27. The van der Waals surface area contributed by atoms with Crippen LogP contribution in [-0.2, 0) is 0 Å². The molecule has 0 aliphatic heterocycles. The van der Waals surface area contributed by atoms with Gasteiger partial charge in [-0.2, -0.15) is 0 Å². The molecule has 0 bridgehead atoms. The lowest BCUT2D eigenvalue weighted by molar-refractivity contribution is 0.306. The Morgan fingerprint density at radius 1 is 0.840 bits per heavy atom. The van der Waals surface area contributed by atoms with Gasteiger partial charge in [0.15, 0.2) is 0 Å². The maximum absolute atomic E-state index is 5.90. The minimum Gasteiger partial charge on any atom is -0.494 e. The highest BCUT2D eigenvalue weighted by atomic mass is 16.5. The summed E-state index contributed by atoms with van der Waals surface area (Å²) in [6.07, 6.45) is 12.0. The molecule has 0 saturated heterocycles. The van der Waals surface area contributed by atoms with E-state index in [2.05, 4.69) is 50.2 Å². The molecule has 0 heterocycles. The quantitative estimate of drug-likeness (QED) is 0.453. The maximum Gasteiger partial charge on any atom is 0.119 e. The average molecular weight is 339 g/mol. The molecule has 0 N–H and O–H groups in total. The fourth-order valence-electron chi connectivity index (χ4n) is 4.32. The zero-order valence-corrected chi connectivity index (χ0v) is 16.1. The van der Waals surface area contributed by atoms with E-state index in [1.54, 1.807) is 5.56 Å². The van der Waals surface area contributed by atoms with Crippen molar-refractivity contribution >= 4 is 10.8 Å². The normalized spacial score (nSPS) is 20.7. The number of hydrogen-bond acceptors (Lipinski definition) is 1. The number of hydrogen-bond donors (Lipinski definition) is 0. The second-order valence-corrected chi connectivity index (χ2v) is 7.83. The van der Waals surface area contributed by atoms with Crippen LogP contribution in [0.3, 0.4) is 0 Å². The average Bonchev–Trinajstić information content (AvgIpc) is 2.66. The zero-order chi connectivity index (χ0) is 17.5. The lowest BCUT2D eigenvalue weighted by atomic mass is 9.77. The smallest absolute Gasteiger partial charge is 0.119 e. The minimum absolute atomic E-state index is 0.766. The summed E-state index contributed by atoms with van der Waals surface area (Å²) in [6.45, 7) is 5.37. The third-order valence-electron chi connectivity index (χ3n) is 5.87. The van der Waals surface area contributed by atoms with Crippen molar-refractivity contribution in [3.05, 3.63) is 42.0 Å². The van der Waals surface area contributed by atoms with Gasteiger partial charge in [0.05, 0.1) is 6.61 Å². The van der Waals surface area contributed by atoms with E-state index in [1.165, 1.54) is 62.1 Å². The molecule has 1 nitrogen and oxygen atoms in total. The molecule has 1 aliphatic rings. The molecule has 0 amide bonds. The Morgan fingerprint density at radius 2 is 1.60 bits per heavy atom. The van der Waals surface area contributed by atoms with Gasteiger partial charge in [-0.1, -0.05) is 63.8 Å². The van der Waals surface area contributed by atoms with Crippen molar-refractivity contribution in [3.63, 3.8) is 0 Å². The van der Waals surface area contributed by atoms with E-state index >= 15 is 0 Å². The van der Waals surface area contributed by atoms with Crippen molar-refractivity contribution in [1.29, 1.82) is 0 Å². The van der Waals surface area contributed by atoms with E-state index in [-0.39, 0.29) is 0 Å². The first-order valence-corrected chi connectivity index (χ1v) is 10.5. The number of rotatable bonds is 8. The topological polar surface area (TPSA) is 9.23 Å². The molecule has 0 atom stereocenters. The van der Waals surface area contributed by atoms with E-state index in [0.717, 1.165) is 30.6 Å². The van der Waals surface area contributed by atoms with Crippen LogP contribution in [0, 0.1) is 5.92 Å². The fourth-order valence-corrected chi connectivity index (χ4v) is 4.32. The third-order valence-corrected chi connectivity index (χ3v) is 5.87. The van der Waals surface area contributed by atoms with Gasteiger partial charge in [0, 0.05) is 0 Å². The van der Waals surface area contributed by atoms with Crippen molar-refractivity contribution < 1.29 is 4.74 Å². The number of unbranched alkanes of at least 4 members (excludes halogenated alkanes) is 2. The van der Waals surface area contributed by atoms with Gasteiger partial charge in [0.25, 0.3) is 0 Å². The first-order chi connectivity index (χ1) is 12.3. The largest absolute Gasteiger partial charge is 0.494 e. The predicted molar refractivity (Wildman–Crippen MR) is 109 cm³/mol. The predicted octanol–water partition coefficient (Wildman–Crippen LogP) is 7.48. The van der Waals surface area contributed by atoms with E-state index in [0.29, 0.717) is 0 Å². The molecule has 0 radical (unpaired) electrons.